The molecular weight excluding hydrogens is 318 g/mol. The van der Waals surface area contributed by atoms with E-state index in [-0.39, 0.29) is 11.9 Å². The lowest BCUT2D eigenvalue weighted by atomic mass is 9.95. The fourth-order valence-electron chi connectivity index (χ4n) is 3.11. The second kappa shape index (κ2) is 7.70. The van der Waals surface area contributed by atoms with E-state index in [0.717, 1.165) is 36.5 Å². The first kappa shape index (κ1) is 17.5. The fourth-order valence-corrected chi connectivity index (χ4v) is 3.11. The molecule has 1 amide bonds. The highest BCUT2D eigenvalue weighted by atomic mass is 16.5. The monoisotopic (exact) mass is 343 g/mol. The van der Waals surface area contributed by atoms with Gasteiger partial charge in [-0.25, -0.2) is 0 Å². The molecule has 1 aromatic carbocycles. The van der Waals surface area contributed by atoms with Crippen molar-refractivity contribution in [2.45, 2.75) is 39.8 Å². The molecule has 3 rings (SSSR count). The zero-order chi connectivity index (χ0) is 17.8. The SMILES string of the molecule is Cc1noc(C)c1COc1ccccc1C(=O)NC1CCNCC1C. The van der Waals surface area contributed by atoms with E-state index in [1.165, 1.54) is 0 Å². The van der Waals surface area contributed by atoms with Gasteiger partial charge in [0.2, 0.25) is 0 Å². The van der Waals surface area contributed by atoms with Gasteiger partial charge in [0, 0.05) is 6.04 Å². The molecule has 2 unspecified atom stereocenters. The Bertz CT molecular complexity index is 722. The minimum atomic E-state index is -0.0897. The molecule has 25 heavy (non-hydrogen) atoms. The summed E-state index contributed by atoms with van der Waals surface area (Å²) in [6.07, 6.45) is 0.939. The van der Waals surface area contributed by atoms with Crippen LogP contribution in [0.15, 0.2) is 28.8 Å². The quantitative estimate of drug-likeness (QED) is 0.873. The van der Waals surface area contributed by atoms with Crippen molar-refractivity contribution in [3.05, 3.63) is 46.8 Å². The Morgan fingerprint density at radius 3 is 2.92 bits per heavy atom. The maximum absolute atomic E-state index is 12.7. The van der Waals surface area contributed by atoms with E-state index in [1.807, 2.05) is 32.0 Å². The molecule has 2 aromatic rings. The van der Waals surface area contributed by atoms with Crippen molar-refractivity contribution < 1.29 is 14.1 Å². The van der Waals surface area contributed by atoms with Gasteiger partial charge in [-0.2, -0.15) is 0 Å². The van der Waals surface area contributed by atoms with Crippen LogP contribution in [-0.4, -0.2) is 30.2 Å². The molecule has 2 atom stereocenters. The average molecular weight is 343 g/mol. The summed E-state index contributed by atoms with van der Waals surface area (Å²) in [6, 6.07) is 7.52. The van der Waals surface area contributed by atoms with Crippen LogP contribution in [-0.2, 0) is 6.61 Å². The fraction of sp³-hybridized carbons (Fsp3) is 0.474. The van der Waals surface area contributed by atoms with E-state index in [9.17, 15) is 4.79 Å². The number of aromatic nitrogens is 1. The number of piperidine rings is 1. The number of hydrogen-bond donors (Lipinski definition) is 2. The topological polar surface area (TPSA) is 76.4 Å². The van der Waals surface area contributed by atoms with E-state index in [2.05, 4.69) is 22.7 Å². The zero-order valence-corrected chi connectivity index (χ0v) is 15.0. The number of benzene rings is 1. The van der Waals surface area contributed by atoms with Crippen LogP contribution in [0.1, 0.15) is 40.7 Å². The summed E-state index contributed by atoms with van der Waals surface area (Å²) in [4.78, 5) is 12.7. The number of nitrogens with zero attached hydrogens (tertiary/aromatic N) is 1. The molecule has 1 aliphatic heterocycles. The Morgan fingerprint density at radius 2 is 2.20 bits per heavy atom. The van der Waals surface area contributed by atoms with Crippen molar-refractivity contribution in [2.24, 2.45) is 5.92 Å². The molecule has 1 saturated heterocycles. The van der Waals surface area contributed by atoms with Crippen molar-refractivity contribution >= 4 is 5.91 Å². The summed E-state index contributed by atoms with van der Waals surface area (Å²) < 4.78 is 11.1. The third-order valence-corrected chi connectivity index (χ3v) is 4.79. The van der Waals surface area contributed by atoms with Gasteiger partial charge >= 0.3 is 0 Å². The summed E-state index contributed by atoms with van der Waals surface area (Å²) >= 11 is 0. The zero-order valence-electron chi connectivity index (χ0n) is 15.0. The second-order valence-electron chi connectivity index (χ2n) is 6.64. The number of carbonyl (C=O) groups is 1. The number of hydrogen-bond acceptors (Lipinski definition) is 5. The maximum Gasteiger partial charge on any atom is 0.255 e. The molecule has 0 saturated carbocycles. The molecule has 2 heterocycles. The summed E-state index contributed by atoms with van der Waals surface area (Å²) in [5.41, 5.74) is 2.28. The van der Waals surface area contributed by atoms with E-state index >= 15 is 0 Å². The predicted molar refractivity (Wildman–Crippen MR) is 94.7 cm³/mol. The molecule has 0 aliphatic carbocycles. The summed E-state index contributed by atoms with van der Waals surface area (Å²) in [5.74, 6) is 1.63. The van der Waals surface area contributed by atoms with E-state index in [0.29, 0.717) is 23.8 Å². The number of ether oxygens (including phenoxy) is 1. The first-order valence-electron chi connectivity index (χ1n) is 8.71. The van der Waals surface area contributed by atoms with Crippen molar-refractivity contribution in [2.75, 3.05) is 13.1 Å². The van der Waals surface area contributed by atoms with Crippen LogP contribution in [0.4, 0.5) is 0 Å². The van der Waals surface area contributed by atoms with Crippen molar-refractivity contribution in [3.63, 3.8) is 0 Å². The summed E-state index contributed by atoms with van der Waals surface area (Å²) in [5, 5.41) is 10.4. The highest BCUT2D eigenvalue weighted by Crippen LogP contribution is 2.22. The van der Waals surface area contributed by atoms with Gasteiger partial charge in [0.25, 0.3) is 5.91 Å². The highest BCUT2D eigenvalue weighted by molar-refractivity contribution is 5.97. The molecule has 0 radical (unpaired) electrons. The molecule has 2 N–H and O–H groups in total. The van der Waals surface area contributed by atoms with E-state index in [1.54, 1.807) is 6.07 Å². The van der Waals surface area contributed by atoms with Crippen LogP contribution in [0.2, 0.25) is 0 Å². The molecule has 134 valence electrons. The largest absolute Gasteiger partial charge is 0.488 e. The van der Waals surface area contributed by atoms with Gasteiger partial charge in [-0.05, 0) is 51.4 Å². The lowest BCUT2D eigenvalue weighted by Crippen LogP contribution is -2.48. The van der Waals surface area contributed by atoms with Crippen LogP contribution >= 0.6 is 0 Å². The molecule has 1 aromatic heterocycles. The molecule has 6 heteroatoms. The number of rotatable bonds is 5. The van der Waals surface area contributed by atoms with Gasteiger partial charge in [-0.3, -0.25) is 4.79 Å². The minimum absolute atomic E-state index is 0.0897. The van der Waals surface area contributed by atoms with Crippen LogP contribution in [0.25, 0.3) is 0 Å². The Kier molecular flexibility index (Phi) is 5.38. The van der Waals surface area contributed by atoms with Crippen LogP contribution < -0.4 is 15.4 Å². The predicted octanol–water partition coefficient (Wildman–Crippen LogP) is 2.60. The first-order chi connectivity index (χ1) is 12.1. The van der Waals surface area contributed by atoms with Gasteiger partial charge in [0.15, 0.2) is 0 Å². The lowest BCUT2D eigenvalue weighted by Gasteiger charge is -2.30. The summed E-state index contributed by atoms with van der Waals surface area (Å²) in [6.45, 7) is 8.07. The number of aryl methyl sites for hydroxylation is 2. The minimum Gasteiger partial charge on any atom is -0.488 e. The van der Waals surface area contributed by atoms with Crippen molar-refractivity contribution in [3.8, 4) is 5.75 Å². The van der Waals surface area contributed by atoms with Gasteiger partial charge in [-0.1, -0.05) is 24.2 Å². The van der Waals surface area contributed by atoms with Crippen LogP contribution in [0, 0.1) is 19.8 Å². The smallest absolute Gasteiger partial charge is 0.255 e. The average Bonchev–Trinajstić information content (AvgIpc) is 2.93. The second-order valence-corrected chi connectivity index (χ2v) is 6.64. The molecule has 1 fully saturated rings. The Hall–Kier alpha value is -2.34. The first-order valence-corrected chi connectivity index (χ1v) is 8.71. The lowest BCUT2D eigenvalue weighted by molar-refractivity contribution is 0.0909. The van der Waals surface area contributed by atoms with Crippen LogP contribution in [0.3, 0.4) is 0 Å². The van der Waals surface area contributed by atoms with E-state index < -0.39 is 0 Å². The summed E-state index contributed by atoms with van der Waals surface area (Å²) in [7, 11) is 0. The Labute approximate surface area is 147 Å². The number of nitrogens with one attached hydrogen (secondary N) is 2. The number of amides is 1. The van der Waals surface area contributed by atoms with E-state index in [4.69, 9.17) is 9.26 Å². The van der Waals surface area contributed by atoms with Crippen molar-refractivity contribution in [1.29, 1.82) is 0 Å². The third kappa shape index (κ3) is 4.02. The Morgan fingerprint density at radius 1 is 1.40 bits per heavy atom. The van der Waals surface area contributed by atoms with Crippen molar-refractivity contribution in [1.82, 2.24) is 15.8 Å². The number of carbonyl (C=O) groups excluding carboxylic acids is 1. The molecule has 0 spiro atoms. The van der Waals surface area contributed by atoms with Gasteiger partial charge in [-0.15, -0.1) is 0 Å². The normalized spacial score (nSPS) is 20.3. The van der Waals surface area contributed by atoms with Gasteiger partial charge in [0.1, 0.15) is 18.1 Å². The maximum atomic E-state index is 12.7. The van der Waals surface area contributed by atoms with Crippen LogP contribution in [0.5, 0.6) is 5.75 Å². The molecular formula is C19H25N3O3. The van der Waals surface area contributed by atoms with Gasteiger partial charge in [0.05, 0.1) is 16.8 Å². The molecule has 0 bridgehead atoms. The molecule has 1 aliphatic rings. The molecule has 6 nitrogen and oxygen atoms in total. The van der Waals surface area contributed by atoms with Gasteiger partial charge < -0.3 is 19.9 Å². The Balaban J connectivity index is 1.70. The highest BCUT2D eigenvalue weighted by Gasteiger charge is 2.24. The third-order valence-electron chi connectivity index (χ3n) is 4.79. The number of para-hydroxylation sites is 1. The standard InChI is InChI=1S/C19H25N3O3/c1-12-10-20-9-8-17(12)21-19(23)15-6-4-5-7-18(15)24-11-16-13(2)22-25-14(16)3/h4-7,12,17,20H,8-11H2,1-3H3,(H,21,23).